The summed E-state index contributed by atoms with van der Waals surface area (Å²) in [6.45, 7) is 5.35. The third kappa shape index (κ3) is 6.65. The number of hydroxylamine groups is 1. The van der Waals surface area contributed by atoms with Gasteiger partial charge in [-0.1, -0.05) is 23.4 Å². The van der Waals surface area contributed by atoms with E-state index in [9.17, 15) is 14.5 Å². The van der Waals surface area contributed by atoms with E-state index < -0.39 is 38.6 Å². The molecule has 1 aromatic carbocycles. The molecule has 186 valence electrons. The zero-order valence-corrected chi connectivity index (χ0v) is 20.7. The fraction of sp³-hybridized carbons (Fsp3) is 0.476. The highest BCUT2D eigenvalue weighted by Gasteiger charge is 2.37. The van der Waals surface area contributed by atoms with E-state index in [2.05, 4.69) is 4.98 Å². The summed E-state index contributed by atoms with van der Waals surface area (Å²) >= 11 is 5.91. The summed E-state index contributed by atoms with van der Waals surface area (Å²) in [4.78, 5) is 45.8. The molecule has 1 fully saturated rings. The number of carbonyl (C=O) groups excluding carboxylic acids is 1. The molecule has 2 aromatic rings. The van der Waals surface area contributed by atoms with Crippen LogP contribution in [-0.2, 0) is 18.8 Å². The van der Waals surface area contributed by atoms with Gasteiger partial charge in [-0.05, 0) is 50.6 Å². The van der Waals surface area contributed by atoms with Crippen molar-refractivity contribution < 1.29 is 28.5 Å². The molecule has 13 heteroatoms. The quantitative estimate of drug-likeness (QED) is 0.276. The maximum atomic E-state index is 12.3. The minimum absolute atomic E-state index is 0.0101. The molecule has 0 saturated carbocycles. The Morgan fingerprint density at radius 3 is 2.76 bits per heavy atom. The lowest BCUT2D eigenvalue weighted by Crippen LogP contribution is -2.39. The fourth-order valence-electron chi connectivity index (χ4n) is 3.41. The molecule has 1 saturated heterocycles. The maximum absolute atomic E-state index is 12.3. The maximum Gasteiger partial charge on any atom is 0.351 e. The van der Waals surface area contributed by atoms with Crippen LogP contribution in [0.15, 0.2) is 41.3 Å². The van der Waals surface area contributed by atoms with Crippen LogP contribution in [0.25, 0.3) is 0 Å². The molecule has 0 aliphatic carbocycles. The van der Waals surface area contributed by atoms with Crippen LogP contribution < -0.4 is 16.3 Å². The van der Waals surface area contributed by atoms with E-state index in [0.29, 0.717) is 17.2 Å². The smallest absolute Gasteiger partial charge is 0.351 e. The van der Waals surface area contributed by atoms with Gasteiger partial charge in [-0.25, -0.2) is 4.79 Å². The number of carbonyl (C=O) groups is 1. The van der Waals surface area contributed by atoms with E-state index in [1.807, 2.05) is 6.92 Å². The minimum atomic E-state index is -2.37. The molecule has 5 atom stereocenters. The second kappa shape index (κ2) is 11.9. The molecule has 1 aliphatic heterocycles. The second-order valence-corrected chi connectivity index (χ2v) is 9.32. The SMILES string of the molecule is CCOC(=O)C(C)N(Oc1ccc(Cl)cc1)P(O)OCC1CC(C)C(n2ccc(N)nc2=O)O1. The van der Waals surface area contributed by atoms with Gasteiger partial charge in [0, 0.05) is 17.1 Å². The number of nitrogen functional groups attached to an aromatic ring is 1. The van der Waals surface area contributed by atoms with E-state index in [0.717, 1.165) is 4.83 Å². The van der Waals surface area contributed by atoms with Crippen molar-refractivity contribution >= 4 is 31.9 Å². The van der Waals surface area contributed by atoms with Crippen molar-refractivity contribution in [2.45, 2.75) is 45.6 Å². The summed E-state index contributed by atoms with van der Waals surface area (Å²) in [5.74, 6) is -0.106. The summed E-state index contributed by atoms with van der Waals surface area (Å²) in [7, 11) is -2.37. The van der Waals surface area contributed by atoms with Crippen LogP contribution in [0.2, 0.25) is 5.02 Å². The first-order chi connectivity index (χ1) is 16.2. The largest absolute Gasteiger partial charge is 0.465 e. The van der Waals surface area contributed by atoms with Crippen molar-refractivity contribution in [1.29, 1.82) is 0 Å². The molecule has 0 amide bonds. The number of anilines is 1. The first kappa shape index (κ1) is 26.3. The summed E-state index contributed by atoms with van der Waals surface area (Å²) in [6, 6.07) is 7.00. The number of nitrogens with zero attached hydrogens (tertiary/aromatic N) is 3. The molecule has 0 radical (unpaired) electrons. The molecule has 5 unspecified atom stereocenters. The highest BCUT2D eigenvalue weighted by atomic mass is 35.5. The summed E-state index contributed by atoms with van der Waals surface area (Å²) < 4.78 is 18.1. The van der Waals surface area contributed by atoms with Crippen LogP contribution >= 0.6 is 20.1 Å². The third-order valence-corrected chi connectivity index (χ3v) is 6.49. The Balaban J connectivity index is 1.66. The Morgan fingerprint density at radius 2 is 2.12 bits per heavy atom. The Labute approximate surface area is 203 Å². The predicted octanol–water partition coefficient (Wildman–Crippen LogP) is 2.89. The van der Waals surface area contributed by atoms with E-state index >= 15 is 0 Å². The summed E-state index contributed by atoms with van der Waals surface area (Å²) in [6.07, 6.45) is 1.17. The van der Waals surface area contributed by atoms with Crippen molar-refractivity contribution in [3.8, 4) is 5.75 Å². The van der Waals surface area contributed by atoms with E-state index in [-0.39, 0.29) is 24.9 Å². The van der Waals surface area contributed by atoms with E-state index in [1.165, 1.54) is 23.8 Å². The Bertz CT molecular complexity index is 1020. The second-order valence-electron chi connectivity index (χ2n) is 7.73. The number of halogens is 1. The van der Waals surface area contributed by atoms with Crippen LogP contribution in [0.3, 0.4) is 0 Å². The number of aromatic nitrogens is 2. The number of ether oxygens (including phenoxy) is 2. The van der Waals surface area contributed by atoms with Crippen molar-refractivity contribution in [1.82, 2.24) is 14.4 Å². The normalized spacial score (nSPS) is 21.9. The summed E-state index contributed by atoms with van der Waals surface area (Å²) in [5, 5.41) is 0.511. The number of benzene rings is 1. The van der Waals surface area contributed by atoms with Crippen LogP contribution in [0, 0.1) is 5.92 Å². The van der Waals surface area contributed by atoms with Crippen molar-refractivity contribution in [2.75, 3.05) is 18.9 Å². The average molecular weight is 515 g/mol. The lowest BCUT2D eigenvalue weighted by Gasteiger charge is -2.29. The predicted molar refractivity (Wildman–Crippen MR) is 126 cm³/mol. The monoisotopic (exact) mass is 514 g/mol. The van der Waals surface area contributed by atoms with Gasteiger partial charge in [0.2, 0.25) is 0 Å². The molecule has 0 spiro atoms. The first-order valence-corrected chi connectivity index (χ1v) is 12.2. The molecule has 1 aromatic heterocycles. The Morgan fingerprint density at radius 1 is 1.41 bits per heavy atom. The Kier molecular flexibility index (Phi) is 9.24. The zero-order valence-electron chi connectivity index (χ0n) is 19.0. The van der Waals surface area contributed by atoms with Crippen LogP contribution in [0.4, 0.5) is 5.82 Å². The number of hydrogen-bond acceptors (Lipinski definition) is 10. The highest BCUT2D eigenvalue weighted by molar-refractivity contribution is 7.43. The molecule has 34 heavy (non-hydrogen) atoms. The van der Waals surface area contributed by atoms with Crippen molar-refractivity contribution in [2.24, 2.45) is 5.92 Å². The number of hydrogen-bond donors (Lipinski definition) is 2. The van der Waals surface area contributed by atoms with Crippen LogP contribution in [0.5, 0.6) is 5.75 Å². The van der Waals surface area contributed by atoms with E-state index in [1.54, 1.807) is 31.2 Å². The average Bonchev–Trinajstić information content (AvgIpc) is 3.17. The lowest BCUT2D eigenvalue weighted by molar-refractivity contribution is -0.155. The molecular formula is C21H28ClN4O7P. The number of esters is 1. The van der Waals surface area contributed by atoms with Gasteiger partial charge in [0.05, 0.1) is 19.3 Å². The number of rotatable bonds is 10. The van der Waals surface area contributed by atoms with Gasteiger partial charge < -0.3 is 29.5 Å². The molecule has 0 bridgehead atoms. The lowest BCUT2D eigenvalue weighted by atomic mass is 10.1. The molecule has 3 rings (SSSR count). The molecule has 1 aliphatic rings. The fourth-order valence-corrected chi connectivity index (χ4v) is 4.50. The summed E-state index contributed by atoms with van der Waals surface area (Å²) in [5.41, 5.74) is 5.05. The van der Waals surface area contributed by atoms with Gasteiger partial charge in [0.15, 0.2) is 0 Å². The van der Waals surface area contributed by atoms with Crippen LogP contribution in [0.1, 0.15) is 33.4 Å². The molecular weight excluding hydrogens is 487 g/mol. The Hall–Kier alpha value is -2.27. The standard InChI is InChI=1S/C21H28ClN4O7P/c1-4-30-20(27)14(3)26(33-16-7-5-15(22)6-8-16)34(29)31-12-17-11-13(2)19(32-17)25-10-9-18(23)24-21(25)28/h5-10,13-14,17,19,29H,4,11-12H2,1-3H3,(H2,23,24,28). The zero-order chi connectivity index (χ0) is 24.8. The number of nitrogens with two attached hydrogens (primary N) is 1. The van der Waals surface area contributed by atoms with Gasteiger partial charge in [-0.2, -0.15) is 4.98 Å². The topological polar surface area (TPSA) is 138 Å². The molecule has 2 heterocycles. The minimum Gasteiger partial charge on any atom is -0.465 e. The molecule has 11 nitrogen and oxygen atoms in total. The van der Waals surface area contributed by atoms with E-state index in [4.69, 9.17) is 36.2 Å². The highest BCUT2D eigenvalue weighted by Crippen LogP contribution is 2.42. The third-order valence-electron chi connectivity index (χ3n) is 5.10. The van der Waals surface area contributed by atoms with Gasteiger partial charge >= 0.3 is 11.7 Å². The van der Waals surface area contributed by atoms with Gasteiger partial charge in [-0.3, -0.25) is 9.36 Å². The molecule has 3 N–H and O–H groups in total. The van der Waals surface area contributed by atoms with Crippen molar-refractivity contribution in [3.63, 3.8) is 0 Å². The first-order valence-electron chi connectivity index (χ1n) is 10.7. The van der Waals surface area contributed by atoms with Gasteiger partial charge in [0.25, 0.3) is 8.53 Å². The van der Waals surface area contributed by atoms with Gasteiger partial charge in [0.1, 0.15) is 23.8 Å². The van der Waals surface area contributed by atoms with Gasteiger partial charge in [-0.15, -0.1) is 0 Å². The van der Waals surface area contributed by atoms with Crippen LogP contribution in [-0.4, -0.2) is 50.6 Å². The van der Waals surface area contributed by atoms with Crippen molar-refractivity contribution in [3.05, 3.63) is 52.0 Å².